The van der Waals surface area contributed by atoms with E-state index in [2.05, 4.69) is 9.97 Å². The lowest BCUT2D eigenvalue weighted by molar-refractivity contribution is -0.123. The molecule has 0 aliphatic carbocycles. The lowest BCUT2D eigenvalue weighted by atomic mass is 10.3. The van der Waals surface area contributed by atoms with Gasteiger partial charge in [-0.3, -0.25) is 14.2 Å². The van der Waals surface area contributed by atoms with E-state index in [1.54, 1.807) is 6.92 Å². The van der Waals surface area contributed by atoms with Gasteiger partial charge in [-0.2, -0.15) is 13.2 Å². The van der Waals surface area contributed by atoms with Crippen LogP contribution in [0.5, 0.6) is 0 Å². The third-order valence-corrected chi connectivity index (χ3v) is 2.27. The van der Waals surface area contributed by atoms with Gasteiger partial charge in [-0.15, -0.1) is 0 Å². The highest BCUT2D eigenvalue weighted by Gasteiger charge is 2.29. The van der Waals surface area contributed by atoms with Crippen LogP contribution >= 0.6 is 0 Å². The fourth-order valence-corrected chi connectivity index (χ4v) is 1.56. The lowest BCUT2D eigenvalue weighted by Gasteiger charge is -2.08. The minimum absolute atomic E-state index is 0.0802. The Labute approximate surface area is 99.7 Å². The van der Waals surface area contributed by atoms with E-state index in [1.807, 2.05) is 5.32 Å². The maximum absolute atomic E-state index is 12.0. The van der Waals surface area contributed by atoms with E-state index < -0.39 is 18.6 Å². The molecule has 1 amide bonds. The summed E-state index contributed by atoms with van der Waals surface area (Å²) in [5, 5.41) is 1.81. The molecular weight excluding hydrogens is 249 g/mol. The van der Waals surface area contributed by atoms with Crippen LogP contribution in [0, 0.1) is 6.92 Å². The molecule has 2 aromatic heterocycles. The molecule has 8 heteroatoms. The summed E-state index contributed by atoms with van der Waals surface area (Å²) >= 11 is 0. The number of nitrogens with one attached hydrogen (secondary N) is 1. The fourth-order valence-electron chi connectivity index (χ4n) is 1.56. The van der Waals surface area contributed by atoms with E-state index in [1.165, 1.54) is 23.0 Å². The number of fused-ring (bicyclic) bond motifs is 1. The summed E-state index contributed by atoms with van der Waals surface area (Å²) in [6, 6.07) is 0. The first-order chi connectivity index (χ1) is 8.38. The number of carbonyl (C=O) groups excluding carboxylic acids is 1. The highest BCUT2D eigenvalue weighted by molar-refractivity contribution is 5.94. The average Bonchev–Trinajstić information content (AvgIpc) is 2.61. The van der Waals surface area contributed by atoms with Crippen LogP contribution in [0.1, 0.15) is 16.2 Å². The maximum Gasteiger partial charge on any atom is 0.405 e. The van der Waals surface area contributed by atoms with Gasteiger partial charge in [0.1, 0.15) is 12.2 Å². The predicted octanol–water partition coefficient (Wildman–Crippen LogP) is 1.33. The highest BCUT2D eigenvalue weighted by atomic mass is 19.4. The van der Waals surface area contributed by atoms with Gasteiger partial charge in [0.15, 0.2) is 5.65 Å². The van der Waals surface area contributed by atoms with Crippen LogP contribution in [-0.2, 0) is 0 Å². The number of rotatable bonds is 2. The van der Waals surface area contributed by atoms with Crippen LogP contribution in [0.15, 0.2) is 18.6 Å². The molecule has 2 rings (SSSR count). The van der Waals surface area contributed by atoms with Crippen molar-refractivity contribution in [3.63, 3.8) is 0 Å². The molecule has 0 aliphatic heterocycles. The number of nitrogens with zero attached hydrogens (tertiary/aromatic N) is 3. The molecule has 0 bridgehead atoms. The van der Waals surface area contributed by atoms with Crippen LogP contribution in [0.3, 0.4) is 0 Å². The van der Waals surface area contributed by atoms with E-state index in [-0.39, 0.29) is 5.69 Å². The number of carbonyl (C=O) groups is 1. The van der Waals surface area contributed by atoms with E-state index in [9.17, 15) is 18.0 Å². The zero-order chi connectivity index (χ0) is 13.3. The molecule has 5 nitrogen and oxygen atoms in total. The van der Waals surface area contributed by atoms with Gasteiger partial charge in [-0.05, 0) is 6.92 Å². The quantitative estimate of drug-likeness (QED) is 0.884. The van der Waals surface area contributed by atoms with E-state index in [4.69, 9.17) is 0 Å². The van der Waals surface area contributed by atoms with Crippen LogP contribution < -0.4 is 5.32 Å². The van der Waals surface area contributed by atoms with Gasteiger partial charge in [0.2, 0.25) is 0 Å². The molecule has 2 heterocycles. The van der Waals surface area contributed by atoms with E-state index in [0.29, 0.717) is 11.3 Å². The lowest BCUT2D eigenvalue weighted by Crippen LogP contribution is -2.34. The molecule has 0 aliphatic rings. The Bertz CT molecular complexity index is 590. The van der Waals surface area contributed by atoms with Crippen LogP contribution in [0.25, 0.3) is 5.65 Å². The van der Waals surface area contributed by atoms with Crippen molar-refractivity contribution in [2.75, 3.05) is 6.54 Å². The van der Waals surface area contributed by atoms with Crippen molar-refractivity contribution < 1.29 is 18.0 Å². The summed E-state index contributed by atoms with van der Waals surface area (Å²) in [6.45, 7) is 0.180. The molecule has 0 saturated heterocycles. The molecule has 18 heavy (non-hydrogen) atoms. The van der Waals surface area contributed by atoms with Crippen molar-refractivity contribution in [2.24, 2.45) is 0 Å². The summed E-state index contributed by atoms with van der Waals surface area (Å²) in [5.41, 5.74) is 0.839. The van der Waals surface area contributed by atoms with Crippen LogP contribution in [0.2, 0.25) is 0 Å². The topological polar surface area (TPSA) is 59.3 Å². The second-order valence-electron chi connectivity index (χ2n) is 3.65. The molecule has 0 spiro atoms. The van der Waals surface area contributed by atoms with Gasteiger partial charge in [0.25, 0.3) is 5.91 Å². The summed E-state index contributed by atoms with van der Waals surface area (Å²) in [6.07, 6.45) is -0.119. The Morgan fingerprint density at radius 3 is 2.89 bits per heavy atom. The summed E-state index contributed by atoms with van der Waals surface area (Å²) in [4.78, 5) is 19.5. The third-order valence-electron chi connectivity index (χ3n) is 2.27. The molecule has 96 valence electrons. The Morgan fingerprint density at radius 2 is 2.22 bits per heavy atom. The highest BCUT2D eigenvalue weighted by Crippen LogP contribution is 2.14. The Hall–Kier alpha value is -2.12. The predicted molar refractivity (Wildman–Crippen MR) is 56.1 cm³/mol. The van der Waals surface area contributed by atoms with Crippen molar-refractivity contribution >= 4 is 11.6 Å². The number of aryl methyl sites for hydroxylation is 1. The van der Waals surface area contributed by atoms with Gasteiger partial charge in [-0.1, -0.05) is 0 Å². The standard InChI is InChI=1S/C10H9F3N4O/c1-6-8(9(18)15-5-10(11,12)13)17-3-2-14-4-7(17)16-6/h2-4H,5H2,1H3,(H,15,18). The Kier molecular flexibility index (Phi) is 2.93. The third kappa shape index (κ3) is 2.41. The maximum atomic E-state index is 12.0. The van der Waals surface area contributed by atoms with Gasteiger partial charge < -0.3 is 5.32 Å². The monoisotopic (exact) mass is 258 g/mol. The molecule has 0 fully saturated rings. The number of alkyl halides is 3. The molecule has 0 unspecified atom stereocenters. The molecule has 0 atom stereocenters. The van der Waals surface area contributed by atoms with Crippen LogP contribution in [-0.4, -0.2) is 33.0 Å². The second kappa shape index (κ2) is 4.28. The smallest absolute Gasteiger partial charge is 0.342 e. The van der Waals surface area contributed by atoms with E-state index in [0.717, 1.165) is 0 Å². The van der Waals surface area contributed by atoms with Crippen molar-refractivity contribution in [1.82, 2.24) is 19.7 Å². The van der Waals surface area contributed by atoms with Crippen molar-refractivity contribution in [2.45, 2.75) is 13.1 Å². The largest absolute Gasteiger partial charge is 0.405 e. The van der Waals surface area contributed by atoms with Gasteiger partial charge in [0.05, 0.1) is 11.9 Å². The number of halogens is 3. The minimum Gasteiger partial charge on any atom is -0.342 e. The summed E-state index contributed by atoms with van der Waals surface area (Å²) in [7, 11) is 0. The first kappa shape index (κ1) is 12.3. The minimum atomic E-state index is -4.44. The van der Waals surface area contributed by atoms with Crippen molar-refractivity contribution in [1.29, 1.82) is 0 Å². The molecule has 1 N–H and O–H groups in total. The zero-order valence-electron chi connectivity index (χ0n) is 9.32. The van der Waals surface area contributed by atoms with Crippen molar-refractivity contribution in [3.05, 3.63) is 30.0 Å². The van der Waals surface area contributed by atoms with E-state index >= 15 is 0 Å². The zero-order valence-corrected chi connectivity index (χ0v) is 9.32. The normalized spacial score (nSPS) is 11.8. The molecular formula is C10H9F3N4O. The second-order valence-corrected chi connectivity index (χ2v) is 3.65. The number of hydrogen-bond acceptors (Lipinski definition) is 3. The van der Waals surface area contributed by atoms with Gasteiger partial charge in [0, 0.05) is 12.4 Å². The first-order valence-corrected chi connectivity index (χ1v) is 5.02. The summed E-state index contributed by atoms with van der Waals surface area (Å²) < 4.78 is 37.5. The molecule has 2 aromatic rings. The van der Waals surface area contributed by atoms with Gasteiger partial charge >= 0.3 is 6.18 Å². The SMILES string of the molecule is Cc1nc2cnccn2c1C(=O)NCC(F)(F)F. The fraction of sp³-hybridized carbons (Fsp3) is 0.300. The first-order valence-electron chi connectivity index (χ1n) is 5.02. The average molecular weight is 258 g/mol. The number of hydrogen-bond donors (Lipinski definition) is 1. The van der Waals surface area contributed by atoms with Gasteiger partial charge in [-0.25, -0.2) is 4.98 Å². The molecule has 0 radical (unpaired) electrons. The number of imidazole rings is 1. The van der Waals surface area contributed by atoms with Crippen molar-refractivity contribution in [3.8, 4) is 0 Å². The number of amides is 1. The summed E-state index contributed by atoms with van der Waals surface area (Å²) in [5.74, 6) is -0.816. The Morgan fingerprint density at radius 1 is 1.50 bits per heavy atom. The molecule has 0 aromatic carbocycles. The number of aromatic nitrogens is 3. The Balaban J connectivity index is 2.30. The van der Waals surface area contributed by atoms with Crippen LogP contribution in [0.4, 0.5) is 13.2 Å². The molecule has 0 saturated carbocycles.